The molecule has 2 rings (SSSR count). The van der Waals surface area contributed by atoms with Crippen LogP contribution in [0, 0.1) is 12.8 Å². The van der Waals surface area contributed by atoms with Crippen LogP contribution in [-0.4, -0.2) is 9.97 Å². The third-order valence-electron chi connectivity index (χ3n) is 2.96. The molecule has 2 aromatic rings. The second-order valence-electron chi connectivity index (χ2n) is 4.56. The molecule has 3 nitrogen and oxygen atoms in total. The van der Waals surface area contributed by atoms with Crippen molar-refractivity contribution in [2.45, 2.75) is 33.6 Å². The lowest BCUT2D eigenvalue weighted by Crippen LogP contribution is -2.15. The molecule has 0 amide bonds. The Kier molecular flexibility index (Phi) is 2.84. The Labute approximate surface area is 98.5 Å². The zero-order chi connectivity index (χ0) is 11.9. The molecule has 0 aliphatic rings. The molecule has 4 heteroatoms. The van der Waals surface area contributed by atoms with Crippen LogP contribution >= 0.6 is 11.3 Å². The molecule has 0 bridgehead atoms. The molecule has 0 fully saturated rings. The molecule has 0 radical (unpaired) electrons. The van der Waals surface area contributed by atoms with Gasteiger partial charge in [-0.2, -0.15) is 0 Å². The highest BCUT2D eigenvalue weighted by Gasteiger charge is 2.15. The van der Waals surface area contributed by atoms with E-state index in [9.17, 15) is 4.79 Å². The van der Waals surface area contributed by atoms with Gasteiger partial charge in [-0.05, 0) is 18.9 Å². The second kappa shape index (κ2) is 4.01. The third-order valence-corrected chi connectivity index (χ3v) is 3.99. The predicted molar refractivity (Wildman–Crippen MR) is 68.2 cm³/mol. The van der Waals surface area contributed by atoms with Gasteiger partial charge >= 0.3 is 0 Å². The highest BCUT2D eigenvalue weighted by atomic mass is 32.1. The molecule has 2 heterocycles. The summed E-state index contributed by atoms with van der Waals surface area (Å²) < 4.78 is 0.734. The van der Waals surface area contributed by atoms with Crippen LogP contribution in [0.4, 0.5) is 0 Å². The van der Waals surface area contributed by atoms with Gasteiger partial charge < -0.3 is 4.98 Å². The highest BCUT2D eigenvalue weighted by molar-refractivity contribution is 7.18. The van der Waals surface area contributed by atoms with E-state index in [2.05, 4.69) is 30.7 Å². The molecule has 0 saturated heterocycles. The lowest BCUT2D eigenvalue weighted by atomic mass is 9.97. The van der Waals surface area contributed by atoms with E-state index in [0.29, 0.717) is 5.92 Å². The summed E-state index contributed by atoms with van der Waals surface area (Å²) in [6.45, 7) is 8.35. The predicted octanol–water partition coefficient (Wildman–Crippen LogP) is 3.05. The average molecular weight is 236 g/mol. The van der Waals surface area contributed by atoms with E-state index in [0.717, 1.165) is 20.9 Å². The summed E-state index contributed by atoms with van der Waals surface area (Å²) in [6.07, 6.45) is 0. The minimum Gasteiger partial charge on any atom is -0.309 e. The van der Waals surface area contributed by atoms with Crippen LogP contribution in [0.15, 0.2) is 10.9 Å². The monoisotopic (exact) mass is 236 g/mol. The van der Waals surface area contributed by atoms with Crippen LogP contribution in [0.2, 0.25) is 0 Å². The molecule has 2 aromatic heterocycles. The van der Waals surface area contributed by atoms with Crippen molar-refractivity contribution in [2.75, 3.05) is 0 Å². The number of aromatic nitrogens is 2. The van der Waals surface area contributed by atoms with Gasteiger partial charge in [-0.1, -0.05) is 20.8 Å². The molecule has 0 spiro atoms. The van der Waals surface area contributed by atoms with E-state index in [-0.39, 0.29) is 11.5 Å². The maximum atomic E-state index is 11.9. The van der Waals surface area contributed by atoms with Gasteiger partial charge in [0.15, 0.2) is 0 Å². The molecular formula is C12H16N2OS. The number of thiophene rings is 1. The van der Waals surface area contributed by atoms with Crippen molar-refractivity contribution in [3.63, 3.8) is 0 Å². The van der Waals surface area contributed by atoms with Crippen molar-refractivity contribution < 1.29 is 0 Å². The fourth-order valence-electron chi connectivity index (χ4n) is 1.61. The Hall–Kier alpha value is -1.16. The summed E-state index contributed by atoms with van der Waals surface area (Å²) in [5.41, 5.74) is 0.819. The minimum atomic E-state index is -0.00870. The van der Waals surface area contributed by atoms with Crippen molar-refractivity contribution in [3.8, 4) is 0 Å². The molecule has 1 atom stereocenters. The summed E-state index contributed by atoms with van der Waals surface area (Å²) in [7, 11) is 0. The smallest absolute Gasteiger partial charge is 0.268 e. The number of aromatic amines is 1. The van der Waals surface area contributed by atoms with Crippen LogP contribution in [-0.2, 0) is 0 Å². The van der Waals surface area contributed by atoms with Crippen molar-refractivity contribution in [2.24, 2.45) is 5.92 Å². The normalized spacial score (nSPS) is 13.6. The standard InChI is InChI=1S/C12H16N2OS/c1-6(2)8(4)11-13-9-5-7(3)16-10(9)12(15)14-11/h5-6,8H,1-4H3,(H,13,14,15). The lowest BCUT2D eigenvalue weighted by molar-refractivity contribution is 0.511. The summed E-state index contributed by atoms with van der Waals surface area (Å²) in [5, 5.41) is 0. The molecule has 0 aliphatic heterocycles. The van der Waals surface area contributed by atoms with Gasteiger partial charge in [0.2, 0.25) is 0 Å². The molecule has 0 saturated carbocycles. The van der Waals surface area contributed by atoms with Gasteiger partial charge in [-0.3, -0.25) is 4.79 Å². The first-order valence-electron chi connectivity index (χ1n) is 5.49. The van der Waals surface area contributed by atoms with Gasteiger partial charge in [0.05, 0.1) is 5.52 Å². The first kappa shape index (κ1) is 11.3. The van der Waals surface area contributed by atoms with Gasteiger partial charge in [-0.15, -0.1) is 11.3 Å². The number of nitrogens with zero attached hydrogens (tertiary/aromatic N) is 1. The minimum absolute atomic E-state index is 0.00870. The number of hydrogen-bond acceptors (Lipinski definition) is 3. The molecule has 0 aliphatic carbocycles. The van der Waals surface area contributed by atoms with Crippen molar-refractivity contribution in [3.05, 3.63) is 27.1 Å². The molecule has 16 heavy (non-hydrogen) atoms. The zero-order valence-corrected chi connectivity index (χ0v) is 10.8. The number of nitrogens with one attached hydrogen (secondary N) is 1. The van der Waals surface area contributed by atoms with Crippen LogP contribution in [0.1, 0.15) is 37.4 Å². The number of rotatable bonds is 2. The topological polar surface area (TPSA) is 45.8 Å². The Morgan fingerprint density at radius 1 is 1.38 bits per heavy atom. The van der Waals surface area contributed by atoms with Crippen molar-refractivity contribution in [1.29, 1.82) is 0 Å². The number of fused-ring (bicyclic) bond motifs is 1. The SMILES string of the molecule is Cc1cc2nc(C(C)C(C)C)[nH]c(=O)c2s1. The number of aryl methyl sites for hydroxylation is 1. The zero-order valence-electron chi connectivity index (χ0n) is 10.00. The summed E-state index contributed by atoms with van der Waals surface area (Å²) in [5.74, 6) is 1.54. The second-order valence-corrected chi connectivity index (χ2v) is 5.81. The average Bonchev–Trinajstić information content (AvgIpc) is 2.57. The van der Waals surface area contributed by atoms with Gasteiger partial charge in [-0.25, -0.2) is 4.98 Å². The van der Waals surface area contributed by atoms with Crippen LogP contribution in [0.25, 0.3) is 10.2 Å². The first-order chi connectivity index (χ1) is 7.49. The Morgan fingerprint density at radius 3 is 2.69 bits per heavy atom. The van der Waals surface area contributed by atoms with E-state index in [1.807, 2.05) is 13.0 Å². The molecular weight excluding hydrogens is 220 g/mol. The third kappa shape index (κ3) is 1.89. The lowest BCUT2D eigenvalue weighted by Gasteiger charge is -2.13. The molecule has 1 unspecified atom stereocenters. The van der Waals surface area contributed by atoms with Gasteiger partial charge in [0.1, 0.15) is 10.5 Å². The Bertz CT molecular complexity index is 568. The molecule has 86 valence electrons. The van der Waals surface area contributed by atoms with Crippen LogP contribution < -0.4 is 5.56 Å². The van der Waals surface area contributed by atoms with E-state index < -0.39 is 0 Å². The van der Waals surface area contributed by atoms with E-state index >= 15 is 0 Å². The van der Waals surface area contributed by atoms with E-state index in [1.165, 1.54) is 11.3 Å². The van der Waals surface area contributed by atoms with E-state index in [1.54, 1.807) is 0 Å². The number of H-pyrrole nitrogens is 1. The van der Waals surface area contributed by atoms with Crippen LogP contribution in [0.5, 0.6) is 0 Å². The molecule has 0 aromatic carbocycles. The Morgan fingerprint density at radius 2 is 2.06 bits per heavy atom. The summed E-state index contributed by atoms with van der Waals surface area (Å²) >= 11 is 1.50. The van der Waals surface area contributed by atoms with Crippen molar-refractivity contribution >= 4 is 21.6 Å². The highest BCUT2D eigenvalue weighted by Crippen LogP contribution is 2.24. The summed E-state index contributed by atoms with van der Waals surface area (Å²) in [4.78, 5) is 20.4. The first-order valence-corrected chi connectivity index (χ1v) is 6.31. The van der Waals surface area contributed by atoms with E-state index in [4.69, 9.17) is 0 Å². The maximum Gasteiger partial charge on any atom is 0.268 e. The van der Waals surface area contributed by atoms with Gasteiger partial charge in [0, 0.05) is 10.8 Å². The molecule has 1 N–H and O–H groups in total. The van der Waals surface area contributed by atoms with Gasteiger partial charge in [0.25, 0.3) is 5.56 Å². The van der Waals surface area contributed by atoms with Crippen LogP contribution in [0.3, 0.4) is 0 Å². The fraction of sp³-hybridized carbons (Fsp3) is 0.500. The number of hydrogen-bond donors (Lipinski definition) is 1. The quantitative estimate of drug-likeness (QED) is 0.871. The maximum absolute atomic E-state index is 11.9. The Balaban J connectivity index is 2.62. The summed E-state index contributed by atoms with van der Waals surface area (Å²) in [6, 6.07) is 1.98. The largest absolute Gasteiger partial charge is 0.309 e. The fourth-order valence-corrected chi connectivity index (χ4v) is 2.45. The van der Waals surface area contributed by atoms with Crippen molar-refractivity contribution in [1.82, 2.24) is 9.97 Å².